The molecule has 0 aromatic heterocycles. The molecule has 0 fully saturated rings. The second kappa shape index (κ2) is 3.03. The monoisotopic (exact) mass is 135 g/mol. The van der Waals surface area contributed by atoms with Crippen molar-refractivity contribution in [1.82, 2.24) is 5.48 Å². The minimum absolute atomic E-state index is 0.135. The SMILES string of the molecule is NC(=O)ONC(N)=S. The van der Waals surface area contributed by atoms with Crippen LogP contribution in [0.1, 0.15) is 0 Å². The van der Waals surface area contributed by atoms with Gasteiger partial charge in [0.05, 0.1) is 0 Å². The summed E-state index contributed by atoms with van der Waals surface area (Å²) >= 11 is 4.25. The molecule has 0 aliphatic carbocycles. The summed E-state index contributed by atoms with van der Waals surface area (Å²) in [6.45, 7) is 0. The highest BCUT2D eigenvalue weighted by atomic mass is 32.1. The Bertz CT molecular complexity index is 99.9. The van der Waals surface area contributed by atoms with E-state index in [1.54, 1.807) is 0 Å². The number of rotatable bonds is 0. The van der Waals surface area contributed by atoms with Gasteiger partial charge in [0, 0.05) is 0 Å². The van der Waals surface area contributed by atoms with Crippen LogP contribution in [0.2, 0.25) is 0 Å². The molecule has 0 saturated carbocycles. The highest BCUT2D eigenvalue weighted by Gasteiger charge is 1.90. The molecule has 0 aliphatic heterocycles. The van der Waals surface area contributed by atoms with E-state index in [1.165, 1.54) is 0 Å². The van der Waals surface area contributed by atoms with E-state index in [1.807, 2.05) is 5.48 Å². The van der Waals surface area contributed by atoms with Crippen molar-refractivity contribution in [1.29, 1.82) is 0 Å². The van der Waals surface area contributed by atoms with Crippen LogP contribution in [-0.4, -0.2) is 11.2 Å². The molecule has 5 nitrogen and oxygen atoms in total. The largest absolute Gasteiger partial charge is 0.428 e. The molecular formula is C2H5N3O2S. The van der Waals surface area contributed by atoms with Gasteiger partial charge in [0.1, 0.15) is 0 Å². The molecule has 0 bridgehead atoms. The van der Waals surface area contributed by atoms with E-state index in [2.05, 4.69) is 22.8 Å². The second-order valence-corrected chi connectivity index (χ2v) is 1.33. The quantitative estimate of drug-likeness (QED) is 0.287. The van der Waals surface area contributed by atoms with Crippen LogP contribution in [0.4, 0.5) is 4.79 Å². The van der Waals surface area contributed by atoms with Crippen LogP contribution in [0.25, 0.3) is 0 Å². The first-order valence-electron chi connectivity index (χ1n) is 1.64. The van der Waals surface area contributed by atoms with Crippen molar-refractivity contribution in [2.75, 3.05) is 0 Å². The Kier molecular flexibility index (Phi) is 2.63. The van der Waals surface area contributed by atoms with E-state index in [-0.39, 0.29) is 5.11 Å². The predicted octanol–water partition coefficient (Wildman–Crippen LogP) is -1.17. The lowest BCUT2D eigenvalue weighted by molar-refractivity contribution is 0.131. The Morgan fingerprint density at radius 2 is 2.12 bits per heavy atom. The lowest BCUT2D eigenvalue weighted by Crippen LogP contribution is -2.33. The first kappa shape index (κ1) is 6.96. The Balaban J connectivity index is 3.18. The van der Waals surface area contributed by atoms with Crippen molar-refractivity contribution in [2.45, 2.75) is 0 Å². The van der Waals surface area contributed by atoms with Gasteiger partial charge in [0.15, 0.2) is 5.11 Å². The van der Waals surface area contributed by atoms with Crippen LogP contribution in [0.15, 0.2) is 0 Å². The molecule has 0 aromatic rings. The van der Waals surface area contributed by atoms with Crippen molar-refractivity contribution in [3.63, 3.8) is 0 Å². The van der Waals surface area contributed by atoms with Crippen molar-refractivity contribution in [3.05, 3.63) is 0 Å². The predicted molar refractivity (Wildman–Crippen MR) is 30.6 cm³/mol. The Morgan fingerprint density at radius 1 is 1.62 bits per heavy atom. The molecule has 0 radical (unpaired) electrons. The molecule has 0 unspecified atom stereocenters. The van der Waals surface area contributed by atoms with Gasteiger partial charge in [-0.2, -0.15) is 5.48 Å². The molecule has 6 heteroatoms. The molecule has 0 aliphatic rings. The van der Waals surface area contributed by atoms with Crippen LogP contribution in [-0.2, 0) is 4.84 Å². The minimum Gasteiger partial charge on any atom is -0.374 e. The highest BCUT2D eigenvalue weighted by molar-refractivity contribution is 7.80. The fraction of sp³-hybridized carbons (Fsp3) is 0. The van der Waals surface area contributed by atoms with Gasteiger partial charge in [-0.1, -0.05) is 0 Å². The van der Waals surface area contributed by atoms with Crippen molar-refractivity contribution < 1.29 is 9.63 Å². The number of nitrogens with two attached hydrogens (primary N) is 2. The maximum atomic E-state index is 9.73. The maximum absolute atomic E-state index is 9.73. The molecule has 8 heavy (non-hydrogen) atoms. The Labute approximate surface area is 50.9 Å². The van der Waals surface area contributed by atoms with Crippen LogP contribution in [0, 0.1) is 0 Å². The smallest absolute Gasteiger partial charge is 0.374 e. The molecule has 0 rings (SSSR count). The normalized spacial score (nSPS) is 7.50. The lowest BCUT2D eigenvalue weighted by Gasteiger charge is -1.97. The zero-order chi connectivity index (χ0) is 6.57. The minimum atomic E-state index is -0.974. The van der Waals surface area contributed by atoms with Gasteiger partial charge in [-0.15, -0.1) is 0 Å². The first-order valence-corrected chi connectivity index (χ1v) is 2.05. The summed E-state index contributed by atoms with van der Waals surface area (Å²) in [6, 6.07) is 0. The van der Waals surface area contributed by atoms with Gasteiger partial charge in [-0.3, -0.25) is 0 Å². The summed E-state index contributed by atoms with van der Waals surface area (Å²) in [5.74, 6) is 0. The van der Waals surface area contributed by atoms with E-state index in [4.69, 9.17) is 5.73 Å². The zero-order valence-corrected chi connectivity index (χ0v) is 4.70. The van der Waals surface area contributed by atoms with Gasteiger partial charge in [0.25, 0.3) is 0 Å². The van der Waals surface area contributed by atoms with Gasteiger partial charge >= 0.3 is 6.09 Å². The van der Waals surface area contributed by atoms with E-state index in [0.717, 1.165) is 0 Å². The number of carbonyl (C=O) groups is 1. The van der Waals surface area contributed by atoms with Gasteiger partial charge < -0.3 is 16.3 Å². The van der Waals surface area contributed by atoms with Crippen LogP contribution < -0.4 is 16.9 Å². The van der Waals surface area contributed by atoms with E-state index < -0.39 is 6.09 Å². The van der Waals surface area contributed by atoms with Crippen LogP contribution in [0.3, 0.4) is 0 Å². The highest BCUT2D eigenvalue weighted by Crippen LogP contribution is 1.62. The zero-order valence-electron chi connectivity index (χ0n) is 3.88. The summed E-state index contributed by atoms with van der Waals surface area (Å²) < 4.78 is 0. The molecule has 0 aromatic carbocycles. The Morgan fingerprint density at radius 3 is 2.25 bits per heavy atom. The summed E-state index contributed by atoms with van der Waals surface area (Å²) in [4.78, 5) is 13.7. The van der Waals surface area contributed by atoms with Gasteiger partial charge in [-0.05, 0) is 12.2 Å². The third-order valence-electron chi connectivity index (χ3n) is 0.252. The summed E-state index contributed by atoms with van der Waals surface area (Å²) in [5, 5.41) is -0.135. The number of hydroxylamine groups is 1. The van der Waals surface area contributed by atoms with Gasteiger partial charge in [0.2, 0.25) is 0 Å². The average Bonchev–Trinajstić information content (AvgIpc) is 1.61. The molecular weight excluding hydrogens is 130 g/mol. The van der Waals surface area contributed by atoms with Crippen molar-refractivity contribution >= 4 is 23.4 Å². The molecule has 1 amide bonds. The third kappa shape index (κ3) is 4.96. The fourth-order valence-corrected chi connectivity index (χ4v) is 0.142. The number of nitrogens with one attached hydrogen (secondary N) is 1. The number of thiocarbonyl (C=S) groups is 1. The van der Waals surface area contributed by atoms with Crippen LogP contribution >= 0.6 is 12.2 Å². The fourth-order valence-electron chi connectivity index (χ4n) is 0.101. The summed E-state index contributed by atoms with van der Waals surface area (Å²) in [7, 11) is 0. The topological polar surface area (TPSA) is 90.4 Å². The standard InChI is InChI=1S/C2H5N3O2S/c3-1(8)5-7-2(4)6/h(H2,4,6)(H3,3,5,8). The van der Waals surface area contributed by atoms with Gasteiger partial charge in [-0.25, -0.2) is 4.79 Å². The third-order valence-corrected chi connectivity index (χ3v) is 0.336. The number of carbonyl (C=O) groups excluding carboxylic acids is 1. The van der Waals surface area contributed by atoms with E-state index >= 15 is 0 Å². The van der Waals surface area contributed by atoms with Crippen molar-refractivity contribution in [3.8, 4) is 0 Å². The number of hydrogen-bond acceptors (Lipinski definition) is 3. The number of primary amides is 1. The average molecular weight is 135 g/mol. The lowest BCUT2D eigenvalue weighted by atomic mass is 11.2. The molecule has 0 heterocycles. The first-order chi connectivity index (χ1) is 3.63. The molecule has 0 atom stereocenters. The van der Waals surface area contributed by atoms with E-state index in [0.29, 0.717) is 0 Å². The van der Waals surface area contributed by atoms with Crippen LogP contribution in [0.5, 0.6) is 0 Å². The molecule has 0 spiro atoms. The van der Waals surface area contributed by atoms with Crippen molar-refractivity contribution in [2.24, 2.45) is 11.5 Å². The molecule has 5 N–H and O–H groups in total. The summed E-state index contributed by atoms with van der Waals surface area (Å²) in [6.07, 6.45) is -0.974. The Hall–Kier alpha value is -1.04. The van der Waals surface area contributed by atoms with E-state index in [9.17, 15) is 4.79 Å². The molecule has 46 valence electrons. The number of hydrogen-bond donors (Lipinski definition) is 3. The summed E-state index contributed by atoms with van der Waals surface area (Å²) in [5.41, 5.74) is 11.2. The number of amides is 1. The molecule has 0 saturated heterocycles. The maximum Gasteiger partial charge on any atom is 0.428 e. The second-order valence-electron chi connectivity index (χ2n) is 0.887.